The summed E-state index contributed by atoms with van der Waals surface area (Å²) in [6, 6.07) is 0. The van der Waals surface area contributed by atoms with E-state index >= 15 is 0 Å². The molecule has 3 N–H and O–H groups in total. The van der Waals surface area contributed by atoms with Gasteiger partial charge in [0.25, 0.3) is 0 Å². The monoisotopic (exact) mass is 232 g/mol. The van der Waals surface area contributed by atoms with Gasteiger partial charge in [-0.25, -0.2) is 13.1 Å². The molecule has 0 spiro atoms. The maximum Gasteiger partial charge on any atom is 0.217 e. The summed E-state index contributed by atoms with van der Waals surface area (Å²) in [7, 11) is -3.20. The molecule has 86 valence electrons. The highest BCUT2D eigenvalue weighted by molar-refractivity contribution is 7.90. The van der Waals surface area contributed by atoms with Crippen LogP contribution >= 0.6 is 0 Å². The SMILES string of the molecule is NC12CC(NS(=O)(=O)C3CCOC3)(C1)C2. The first kappa shape index (κ1) is 10.0. The van der Waals surface area contributed by atoms with E-state index in [1.807, 2.05) is 0 Å². The Morgan fingerprint density at radius 2 is 2.00 bits per heavy atom. The Morgan fingerprint density at radius 1 is 1.33 bits per heavy atom. The summed E-state index contributed by atoms with van der Waals surface area (Å²) in [6.45, 7) is 0.887. The Hall–Kier alpha value is -0.170. The van der Waals surface area contributed by atoms with Crippen LogP contribution in [0, 0.1) is 0 Å². The zero-order valence-corrected chi connectivity index (χ0v) is 9.35. The molecule has 1 saturated heterocycles. The molecule has 4 aliphatic rings. The highest BCUT2D eigenvalue weighted by atomic mass is 32.2. The van der Waals surface area contributed by atoms with Crippen molar-refractivity contribution in [1.29, 1.82) is 0 Å². The van der Waals surface area contributed by atoms with Gasteiger partial charge in [0.2, 0.25) is 10.0 Å². The Balaban J connectivity index is 1.67. The number of ether oxygens (including phenoxy) is 1. The van der Waals surface area contributed by atoms with Crippen molar-refractivity contribution in [1.82, 2.24) is 4.72 Å². The Labute approximate surface area is 89.4 Å². The Bertz CT molecular complexity index is 366. The lowest BCUT2D eigenvalue weighted by Crippen LogP contribution is -2.82. The minimum atomic E-state index is -3.20. The van der Waals surface area contributed by atoms with Gasteiger partial charge in [-0.3, -0.25) is 0 Å². The van der Waals surface area contributed by atoms with Crippen LogP contribution in [0.3, 0.4) is 0 Å². The second-order valence-electron chi connectivity index (χ2n) is 5.31. The van der Waals surface area contributed by atoms with E-state index in [4.69, 9.17) is 10.5 Å². The molecule has 0 radical (unpaired) electrons. The quantitative estimate of drug-likeness (QED) is 0.676. The number of sulfonamides is 1. The Kier molecular flexibility index (Phi) is 1.83. The molecule has 6 heteroatoms. The van der Waals surface area contributed by atoms with Crippen molar-refractivity contribution in [3.63, 3.8) is 0 Å². The van der Waals surface area contributed by atoms with E-state index in [1.165, 1.54) is 0 Å². The van der Waals surface area contributed by atoms with Gasteiger partial charge in [0.15, 0.2) is 0 Å². The fourth-order valence-electron chi connectivity index (χ4n) is 3.12. The van der Waals surface area contributed by atoms with Crippen molar-refractivity contribution in [2.75, 3.05) is 13.2 Å². The van der Waals surface area contributed by atoms with Crippen LogP contribution in [0.1, 0.15) is 25.7 Å². The maximum atomic E-state index is 11.9. The first-order valence-corrected chi connectivity index (χ1v) is 6.87. The molecule has 1 unspecified atom stereocenters. The zero-order valence-electron chi connectivity index (χ0n) is 8.53. The molecule has 0 amide bonds. The molecule has 0 aromatic carbocycles. The van der Waals surface area contributed by atoms with Crippen LogP contribution < -0.4 is 10.5 Å². The number of nitrogens with one attached hydrogen (secondary N) is 1. The van der Waals surface area contributed by atoms with E-state index < -0.39 is 10.0 Å². The predicted octanol–water partition coefficient (Wildman–Crippen LogP) is -0.671. The third kappa shape index (κ3) is 1.43. The molecule has 1 atom stereocenters. The summed E-state index contributed by atoms with van der Waals surface area (Å²) in [4.78, 5) is 0. The summed E-state index contributed by atoms with van der Waals surface area (Å²) in [5.41, 5.74) is 5.63. The molecule has 5 nitrogen and oxygen atoms in total. The van der Waals surface area contributed by atoms with Gasteiger partial charge < -0.3 is 10.5 Å². The van der Waals surface area contributed by atoms with Crippen molar-refractivity contribution in [3.8, 4) is 0 Å². The number of hydrogen-bond acceptors (Lipinski definition) is 4. The first-order valence-electron chi connectivity index (χ1n) is 5.33. The highest BCUT2D eigenvalue weighted by Gasteiger charge is 2.67. The lowest BCUT2D eigenvalue weighted by Gasteiger charge is -2.68. The van der Waals surface area contributed by atoms with Crippen LogP contribution in [0.2, 0.25) is 0 Å². The van der Waals surface area contributed by atoms with Gasteiger partial charge in [-0.15, -0.1) is 0 Å². The van der Waals surface area contributed by atoms with E-state index in [2.05, 4.69) is 4.72 Å². The van der Waals surface area contributed by atoms with Crippen molar-refractivity contribution in [3.05, 3.63) is 0 Å². The lowest BCUT2D eigenvalue weighted by molar-refractivity contribution is -0.0620. The zero-order chi connectivity index (χ0) is 10.7. The first-order chi connectivity index (χ1) is 6.93. The lowest BCUT2D eigenvalue weighted by atomic mass is 9.45. The van der Waals surface area contributed by atoms with Gasteiger partial charge in [0, 0.05) is 17.7 Å². The van der Waals surface area contributed by atoms with Crippen LogP contribution in [0.5, 0.6) is 0 Å². The molecular weight excluding hydrogens is 216 g/mol. The van der Waals surface area contributed by atoms with E-state index in [0.29, 0.717) is 19.6 Å². The molecule has 0 aromatic heterocycles. The summed E-state index contributed by atoms with van der Waals surface area (Å²) < 4.78 is 31.8. The number of rotatable bonds is 3. The molecule has 3 aliphatic carbocycles. The van der Waals surface area contributed by atoms with Gasteiger partial charge in [-0.1, -0.05) is 0 Å². The average Bonchev–Trinajstić information content (AvgIpc) is 2.50. The Morgan fingerprint density at radius 3 is 2.47 bits per heavy atom. The van der Waals surface area contributed by atoms with Crippen LogP contribution in [0.4, 0.5) is 0 Å². The summed E-state index contributed by atoms with van der Waals surface area (Å²) in [6.07, 6.45) is 3.01. The van der Waals surface area contributed by atoms with E-state index in [-0.39, 0.29) is 16.3 Å². The summed E-state index contributed by atoms with van der Waals surface area (Å²) in [5.74, 6) is 0. The summed E-state index contributed by atoms with van der Waals surface area (Å²) in [5, 5.41) is -0.361. The maximum absolute atomic E-state index is 11.9. The smallest absolute Gasteiger partial charge is 0.217 e. The van der Waals surface area contributed by atoms with Gasteiger partial charge in [-0.2, -0.15) is 0 Å². The van der Waals surface area contributed by atoms with E-state index in [1.54, 1.807) is 0 Å². The molecule has 2 bridgehead atoms. The largest absolute Gasteiger partial charge is 0.380 e. The van der Waals surface area contributed by atoms with Crippen LogP contribution in [-0.2, 0) is 14.8 Å². The van der Waals surface area contributed by atoms with Crippen LogP contribution in [0.15, 0.2) is 0 Å². The van der Waals surface area contributed by atoms with Gasteiger partial charge in [-0.05, 0) is 25.7 Å². The minimum Gasteiger partial charge on any atom is -0.380 e. The normalized spacial score (nSPS) is 48.5. The molecule has 1 aliphatic heterocycles. The van der Waals surface area contributed by atoms with Gasteiger partial charge >= 0.3 is 0 Å². The fraction of sp³-hybridized carbons (Fsp3) is 1.00. The third-order valence-corrected chi connectivity index (χ3v) is 5.72. The van der Waals surface area contributed by atoms with Crippen molar-refractivity contribution >= 4 is 10.0 Å². The van der Waals surface area contributed by atoms with Gasteiger partial charge in [0.05, 0.1) is 6.61 Å². The predicted molar refractivity (Wildman–Crippen MR) is 54.8 cm³/mol. The molecule has 15 heavy (non-hydrogen) atoms. The second kappa shape index (κ2) is 2.74. The molecule has 0 aromatic rings. The molecule has 1 heterocycles. The minimum absolute atomic E-state index is 0.0608. The van der Waals surface area contributed by atoms with Gasteiger partial charge in [0.1, 0.15) is 5.25 Å². The fourth-order valence-corrected chi connectivity index (χ4v) is 4.79. The van der Waals surface area contributed by atoms with Crippen LogP contribution in [0.25, 0.3) is 0 Å². The topological polar surface area (TPSA) is 81.4 Å². The number of nitrogens with two attached hydrogens (primary N) is 1. The summed E-state index contributed by atoms with van der Waals surface area (Å²) >= 11 is 0. The molecule has 3 saturated carbocycles. The second-order valence-corrected chi connectivity index (χ2v) is 7.27. The van der Waals surface area contributed by atoms with Crippen molar-refractivity contribution in [2.24, 2.45) is 5.73 Å². The molecule has 4 fully saturated rings. The number of hydrogen-bond donors (Lipinski definition) is 2. The standard InChI is InChI=1S/C9H16N2O3S/c10-8-4-9(5-8,6-8)11-15(12,13)7-1-2-14-3-7/h7,11H,1-6,10H2. The van der Waals surface area contributed by atoms with Crippen molar-refractivity contribution < 1.29 is 13.2 Å². The molecule has 4 rings (SSSR count). The third-order valence-electron chi connectivity index (χ3n) is 3.76. The van der Waals surface area contributed by atoms with E-state index in [0.717, 1.165) is 19.3 Å². The average molecular weight is 232 g/mol. The van der Waals surface area contributed by atoms with E-state index in [9.17, 15) is 8.42 Å². The molecular formula is C9H16N2O3S. The van der Waals surface area contributed by atoms with Crippen molar-refractivity contribution in [2.45, 2.75) is 42.0 Å². The van der Waals surface area contributed by atoms with Crippen LogP contribution in [-0.4, -0.2) is 38.0 Å². The highest BCUT2D eigenvalue weighted by Crippen LogP contribution is 2.59.